The summed E-state index contributed by atoms with van der Waals surface area (Å²) >= 11 is 9.63. The zero-order chi connectivity index (χ0) is 14.7. The van der Waals surface area contributed by atoms with Crippen LogP contribution in [0.3, 0.4) is 0 Å². The van der Waals surface area contributed by atoms with Crippen molar-refractivity contribution in [1.29, 1.82) is 0 Å². The van der Waals surface area contributed by atoms with E-state index in [9.17, 15) is 0 Å². The van der Waals surface area contributed by atoms with Crippen LogP contribution in [0.15, 0.2) is 22.7 Å². The van der Waals surface area contributed by atoms with Gasteiger partial charge in [-0.15, -0.1) is 11.6 Å². The van der Waals surface area contributed by atoms with E-state index in [-0.39, 0.29) is 11.7 Å². The van der Waals surface area contributed by atoms with Gasteiger partial charge < -0.3 is 9.47 Å². The summed E-state index contributed by atoms with van der Waals surface area (Å²) in [6, 6.07) is 6.05. The summed E-state index contributed by atoms with van der Waals surface area (Å²) in [5, 5.41) is 0. The number of benzene rings is 1. The fourth-order valence-electron chi connectivity index (χ4n) is 3.59. The van der Waals surface area contributed by atoms with Gasteiger partial charge in [-0.3, -0.25) is 0 Å². The van der Waals surface area contributed by atoms with Crippen molar-refractivity contribution in [2.24, 2.45) is 0 Å². The standard InChI is InChI=1S/C17H22BrClO2/c18-15-6-4-5-13(12-19)16(15)21-14-7-10-20-17(11-14)8-2-1-3-9-17/h4-6,14H,1-3,7-12H2. The van der Waals surface area contributed by atoms with Gasteiger partial charge in [-0.25, -0.2) is 0 Å². The number of hydrogen-bond donors (Lipinski definition) is 0. The maximum absolute atomic E-state index is 6.32. The SMILES string of the molecule is ClCc1cccc(Br)c1OC1CCOC2(CCCCC2)C1. The van der Waals surface area contributed by atoms with Crippen molar-refractivity contribution in [3.05, 3.63) is 28.2 Å². The fraction of sp³-hybridized carbons (Fsp3) is 0.647. The smallest absolute Gasteiger partial charge is 0.138 e. The first-order valence-electron chi connectivity index (χ1n) is 7.86. The molecule has 0 amide bonds. The van der Waals surface area contributed by atoms with Gasteiger partial charge in [0.15, 0.2) is 0 Å². The molecule has 1 aliphatic heterocycles. The molecule has 2 aliphatic rings. The summed E-state index contributed by atoms with van der Waals surface area (Å²) in [5.41, 5.74) is 1.12. The second-order valence-electron chi connectivity index (χ2n) is 6.19. The van der Waals surface area contributed by atoms with Gasteiger partial charge in [0.25, 0.3) is 0 Å². The van der Waals surface area contributed by atoms with Crippen molar-refractivity contribution in [2.75, 3.05) is 6.61 Å². The fourth-order valence-corrected chi connectivity index (χ4v) is 4.30. The molecule has 1 aliphatic carbocycles. The maximum Gasteiger partial charge on any atom is 0.138 e. The van der Waals surface area contributed by atoms with E-state index in [1.54, 1.807) is 0 Å². The van der Waals surface area contributed by atoms with Crippen LogP contribution in [0, 0.1) is 0 Å². The second-order valence-corrected chi connectivity index (χ2v) is 7.31. The molecule has 2 nitrogen and oxygen atoms in total. The third kappa shape index (κ3) is 3.57. The minimum Gasteiger partial charge on any atom is -0.489 e. The van der Waals surface area contributed by atoms with Crippen molar-refractivity contribution in [1.82, 2.24) is 0 Å². The molecule has 21 heavy (non-hydrogen) atoms. The molecular formula is C17H22BrClO2. The van der Waals surface area contributed by atoms with Gasteiger partial charge in [-0.2, -0.15) is 0 Å². The minimum atomic E-state index is 0.0730. The maximum atomic E-state index is 6.32. The summed E-state index contributed by atoms with van der Waals surface area (Å²) in [5.74, 6) is 1.38. The topological polar surface area (TPSA) is 18.5 Å². The Morgan fingerprint density at radius 3 is 2.86 bits per heavy atom. The van der Waals surface area contributed by atoms with E-state index >= 15 is 0 Å². The van der Waals surface area contributed by atoms with E-state index in [4.69, 9.17) is 21.1 Å². The summed E-state index contributed by atoms with van der Waals surface area (Å²) in [4.78, 5) is 0. The molecule has 1 unspecified atom stereocenters. The lowest BCUT2D eigenvalue weighted by atomic mass is 9.79. The van der Waals surface area contributed by atoms with Crippen LogP contribution in [-0.4, -0.2) is 18.3 Å². The van der Waals surface area contributed by atoms with E-state index in [2.05, 4.69) is 15.9 Å². The Labute approximate surface area is 140 Å². The highest BCUT2D eigenvalue weighted by Gasteiger charge is 2.39. The summed E-state index contributed by atoms with van der Waals surface area (Å²) in [6.07, 6.45) is 8.50. The van der Waals surface area contributed by atoms with Crippen LogP contribution in [0.4, 0.5) is 0 Å². The summed E-state index contributed by atoms with van der Waals surface area (Å²) < 4.78 is 13.5. The van der Waals surface area contributed by atoms with Crippen molar-refractivity contribution >= 4 is 27.5 Å². The second kappa shape index (κ2) is 6.89. The normalized spacial score (nSPS) is 25.0. The number of para-hydroxylation sites is 1. The molecule has 1 aromatic rings. The molecule has 1 heterocycles. The molecule has 1 spiro atoms. The van der Waals surface area contributed by atoms with Gasteiger partial charge in [-0.05, 0) is 34.8 Å². The Kier molecular flexibility index (Phi) is 5.13. The van der Waals surface area contributed by atoms with E-state index in [0.29, 0.717) is 5.88 Å². The van der Waals surface area contributed by atoms with Gasteiger partial charge in [0.05, 0.1) is 22.6 Å². The first kappa shape index (κ1) is 15.6. The zero-order valence-electron chi connectivity index (χ0n) is 12.2. The molecule has 4 heteroatoms. The average Bonchev–Trinajstić information content (AvgIpc) is 2.50. The third-order valence-electron chi connectivity index (χ3n) is 4.69. The Morgan fingerprint density at radius 1 is 1.29 bits per heavy atom. The first-order chi connectivity index (χ1) is 10.2. The lowest BCUT2D eigenvalue weighted by molar-refractivity contribution is -0.129. The molecule has 1 saturated heterocycles. The van der Waals surface area contributed by atoms with Crippen molar-refractivity contribution in [3.8, 4) is 5.75 Å². The molecule has 2 fully saturated rings. The van der Waals surface area contributed by atoms with E-state index in [1.807, 2.05) is 18.2 Å². The van der Waals surface area contributed by atoms with Crippen molar-refractivity contribution < 1.29 is 9.47 Å². The molecule has 1 aromatic carbocycles. The van der Waals surface area contributed by atoms with Crippen LogP contribution in [-0.2, 0) is 10.6 Å². The van der Waals surface area contributed by atoms with Crippen LogP contribution < -0.4 is 4.74 Å². The monoisotopic (exact) mass is 372 g/mol. The van der Waals surface area contributed by atoms with Gasteiger partial charge in [0.2, 0.25) is 0 Å². The van der Waals surface area contributed by atoms with E-state index in [0.717, 1.165) is 35.2 Å². The third-order valence-corrected chi connectivity index (χ3v) is 5.60. The van der Waals surface area contributed by atoms with Gasteiger partial charge >= 0.3 is 0 Å². The van der Waals surface area contributed by atoms with Crippen molar-refractivity contribution in [3.63, 3.8) is 0 Å². The Bertz CT molecular complexity index is 480. The molecule has 0 radical (unpaired) electrons. The number of halogens is 2. The predicted molar refractivity (Wildman–Crippen MR) is 89.1 cm³/mol. The van der Waals surface area contributed by atoms with Gasteiger partial charge in [0.1, 0.15) is 11.9 Å². The Balaban J connectivity index is 1.73. The molecule has 1 atom stereocenters. The summed E-state index contributed by atoms with van der Waals surface area (Å²) in [6.45, 7) is 0.811. The van der Waals surface area contributed by atoms with Crippen LogP contribution in [0.5, 0.6) is 5.75 Å². The predicted octanol–water partition coefficient (Wildman–Crippen LogP) is 5.45. The number of rotatable bonds is 3. The lowest BCUT2D eigenvalue weighted by Crippen LogP contribution is -2.45. The Hall–Kier alpha value is -0.250. The molecule has 116 valence electrons. The highest BCUT2D eigenvalue weighted by atomic mass is 79.9. The molecule has 0 N–H and O–H groups in total. The van der Waals surface area contributed by atoms with Crippen LogP contribution in [0.25, 0.3) is 0 Å². The summed E-state index contributed by atoms with van der Waals surface area (Å²) in [7, 11) is 0. The zero-order valence-corrected chi connectivity index (χ0v) is 14.6. The number of alkyl halides is 1. The number of hydrogen-bond acceptors (Lipinski definition) is 2. The Morgan fingerprint density at radius 2 is 2.10 bits per heavy atom. The molecule has 3 rings (SSSR count). The van der Waals surface area contributed by atoms with Gasteiger partial charge in [0, 0.05) is 18.4 Å². The van der Waals surface area contributed by atoms with E-state index in [1.165, 1.54) is 32.1 Å². The van der Waals surface area contributed by atoms with Gasteiger partial charge in [-0.1, -0.05) is 31.4 Å². The molecular weight excluding hydrogens is 352 g/mol. The average molecular weight is 374 g/mol. The molecule has 1 saturated carbocycles. The highest BCUT2D eigenvalue weighted by Crippen LogP contribution is 2.41. The lowest BCUT2D eigenvalue weighted by Gasteiger charge is -2.43. The quantitative estimate of drug-likeness (QED) is 0.656. The highest BCUT2D eigenvalue weighted by molar-refractivity contribution is 9.10. The number of ether oxygens (including phenoxy) is 2. The first-order valence-corrected chi connectivity index (χ1v) is 9.19. The molecule has 0 bridgehead atoms. The molecule has 0 aromatic heterocycles. The van der Waals surface area contributed by atoms with Crippen LogP contribution in [0.1, 0.15) is 50.5 Å². The van der Waals surface area contributed by atoms with Crippen LogP contribution >= 0.6 is 27.5 Å². The largest absolute Gasteiger partial charge is 0.489 e. The van der Waals surface area contributed by atoms with E-state index < -0.39 is 0 Å². The minimum absolute atomic E-state index is 0.0730. The van der Waals surface area contributed by atoms with Crippen LogP contribution in [0.2, 0.25) is 0 Å². The van der Waals surface area contributed by atoms with Crippen molar-refractivity contribution in [2.45, 2.75) is 62.5 Å².